The fourth-order valence-corrected chi connectivity index (χ4v) is 4.58. The number of urea groups is 1. The first-order valence-corrected chi connectivity index (χ1v) is 14.1. The van der Waals surface area contributed by atoms with Crippen LogP contribution in [0.25, 0.3) is 0 Å². The molecule has 0 saturated heterocycles. The summed E-state index contributed by atoms with van der Waals surface area (Å²) in [4.78, 5) is 12.9. The van der Waals surface area contributed by atoms with Gasteiger partial charge in [-0.2, -0.15) is 0 Å². The molecule has 0 heterocycles. The van der Waals surface area contributed by atoms with Gasteiger partial charge in [-0.1, -0.05) is 103 Å². The molecular formula is C27H48N2O2S. The van der Waals surface area contributed by atoms with Gasteiger partial charge in [-0.25, -0.2) is 4.79 Å². The van der Waals surface area contributed by atoms with E-state index >= 15 is 0 Å². The molecule has 1 aromatic carbocycles. The molecule has 0 aromatic heterocycles. The third-order valence-electron chi connectivity index (χ3n) is 5.81. The van der Waals surface area contributed by atoms with E-state index in [0.717, 1.165) is 23.6 Å². The van der Waals surface area contributed by atoms with E-state index in [2.05, 4.69) is 17.6 Å². The van der Waals surface area contributed by atoms with Crippen molar-refractivity contribution in [3.05, 3.63) is 24.3 Å². The van der Waals surface area contributed by atoms with Gasteiger partial charge in [0.25, 0.3) is 0 Å². The largest absolute Gasteiger partial charge is 0.508 e. The highest BCUT2D eigenvalue weighted by Crippen LogP contribution is 2.20. The van der Waals surface area contributed by atoms with Gasteiger partial charge in [0.05, 0.1) is 0 Å². The molecule has 0 unspecified atom stereocenters. The van der Waals surface area contributed by atoms with E-state index in [4.69, 9.17) is 0 Å². The number of amides is 2. The second kappa shape index (κ2) is 21.5. The third kappa shape index (κ3) is 18.2. The minimum absolute atomic E-state index is 0.0720. The Morgan fingerprint density at radius 3 is 1.62 bits per heavy atom. The summed E-state index contributed by atoms with van der Waals surface area (Å²) in [6, 6.07) is 7.06. The molecule has 0 radical (unpaired) electrons. The van der Waals surface area contributed by atoms with Gasteiger partial charge >= 0.3 is 6.03 Å². The highest BCUT2D eigenvalue weighted by Gasteiger charge is 2.00. The summed E-state index contributed by atoms with van der Waals surface area (Å²) >= 11 is 1.67. The van der Waals surface area contributed by atoms with Gasteiger partial charge in [0.1, 0.15) is 5.75 Å². The number of nitrogens with one attached hydrogen (secondary N) is 2. The van der Waals surface area contributed by atoms with Crippen molar-refractivity contribution in [1.29, 1.82) is 0 Å². The maximum atomic E-state index is 11.8. The van der Waals surface area contributed by atoms with Crippen LogP contribution in [-0.2, 0) is 0 Å². The van der Waals surface area contributed by atoms with Crippen LogP contribution in [0, 0.1) is 0 Å². The van der Waals surface area contributed by atoms with E-state index in [-0.39, 0.29) is 11.8 Å². The summed E-state index contributed by atoms with van der Waals surface area (Å²) in [5.74, 6) is 1.10. The Morgan fingerprint density at radius 2 is 1.12 bits per heavy atom. The summed E-state index contributed by atoms with van der Waals surface area (Å²) in [6.45, 7) is 3.68. The predicted octanol–water partition coefficient (Wildman–Crippen LogP) is 8.05. The number of benzene rings is 1. The fourth-order valence-electron chi connectivity index (χ4n) is 3.81. The van der Waals surface area contributed by atoms with Crippen LogP contribution < -0.4 is 10.6 Å². The topological polar surface area (TPSA) is 61.4 Å². The second-order valence-electron chi connectivity index (χ2n) is 8.83. The molecule has 1 rings (SSSR count). The summed E-state index contributed by atoms with van der Waals surface area (Å²) in [6.07, 6.45) is 21.8. The Labute approximate surface area is 201 Å². The number of phenolic OH excluding ortho intramolecular Hbond substituents is 1. The molecule has 32 heavy (non-hydrogen) atoms. The number of hydrogen-bond donors (Lipinski definition) is 3. The van der Waals surface area contributed by atoms with Crippen molar-refractivity contribution < 1.29 is 9.90 Å². The zero-order chi connectivity index (χ0) is 23.1. The smallest absolute Gasteiger partial charge is 0.314 e. The van der Waals surface area contributed by atoms with Gasteiger partial charge < -0.3 is 15.7 Å². The molecule has 0 aliphatic heterocycles. The first-order valence-electron chi connectivity index (χ1n) is 13.2. The lowest BCUT2D eigenvalue weighted by molar-refractivity contribution is 0.241. The quantitative estimate of drug-likeness (QED) is 0.127. The van der Waals surface area contributed by atoms with E-state index in [0.29, 0.717) is 6.54 Å². The molecule has 184 valence electrons. The van der Waals surface area contributed by atoms with Gasteiger partial charge in [-0.3, -0.25) is 0 Å². The van der Waals surface area contributed by atoms with Crippen LogP contribution in [0.4, 0.5) is 4.79 Å². The monoisotopic (exact) mass is 464 g/mol. The van der Waals surface area contributed by atoms with Gasteiger partial charge in [0, 0.05) is 23.7 Å². The molecule has 0 aliphatic carbocycles. The molecule has 0 fully saturated rings. The Kier molecular flexibility index (Phi) is 19.2. The van der Waals surface area contributed by atoms with Gasteiger partial charge in [-0.15, -0.1) is 11.8 Å². The number of rotatable bonds is 21. The van der Waals surface area contributed by atoms with E-state index < -0.39 is 0 Å². The summed E-state index contributed by atoms with van der Waals surface area (Å²) < 4.78 is 0. The number of thioether (sulfide) groups is 1. The Morgan fingerprint density at radius 1 is 0.688 bits per heavy atom. The van der Waals surface area contributed by atoms with Crippen LogP contribution in [0.5, 0.6) is 5.75 Å². The molecular weight excluding hydrogens is 416 g/mol. The normalized spacial score (nSPS) is 10.9. The van der Waals surface area contributed by atoms with Crippen molar-refractivity contribution >= 4 is 17.8 Å². The van der Waals surface area contributed by atoms with Crippen molar-refractivity contribution in [1.82, 2.24) is 10.6 Å². The lowest BCUT2D eigenvalue weighted by Crippen LogP contribution is -2.37. The molecule has 0 saturated carbocycles. The van der Waals surface area contributed by atoms with Crippen LogP contribution in [0.15, 0.2) is 29.2 Å². The minimum atomic E-state index is -0.0720. The molecule has 3 N–H and O–H groups in total. The highest BCUT2D eigenvalue weighted by molar-refractivity contribution is 7.99. The van der Waals surface area contributed by atoms with E-state index in [1.54, 1.807) is 23.9 Å². The molecule has 2 amide bonds. The SMILES string of the molecule is CCCCCCCCCCCCCCCCCCNC(=O)NCCSc1ccc(O)cc1. The number of carbonyl (C=O) groups excluding carboxylic acids is 1. The van der Waals surface area contributed by atoms with E-state index in [9.17, 15) is 9.90 Å². The third-order valence-corrected chi connectivity index (χ3v) is 6.82. The fraction of sp³-hybridized carbons (Fsp3) is 0.741. The van der Waals surface area contributed by atoms with Crippen LogP contribution >= 0.6 is 11.8 Å². The Balaban J connectivity index is 1.75. The van der Waals surface area contributed by atoms with Crippen molar-refractivity contribution in [3.8, 4) is 5.75 Å². The average Bonchev–Trinajstić information content (AvgIpc) is 2.80. The van der Waals surface area contributed by atoms with Crippen molar-refractivity contribution in [2.75, 3.05) is 18.8 Å². The maximum absolute atomic E-state index is 11.8. The Hall–Kier alpha value is -1.36. The second-order valence-corrected chi connectivity index (χ2v) is 10.00. The lowest BCUT2D eigenvalue weighted by atomic mass is 10.0. The predicted molar refractivity (Wildman–Crippen MR) is 140 cm³/mol. The number of phenols is 1. The number of hydrogen-bond acceptors (Lipinski definition) is 3. The van der Waals surface area contributed by atoms with Crippen LogP contribution in [-0.4, -0.2) is 30.0 Å². The minimum Gasteiger partial charge on any atom is -0.508 e. The maximum Gasteiger partial charge on any atom is 0.314 e. The molecule has 0 aliphatic rings. The van der Waals surface area contributed by atoms with Crippen LogP contribution in [0.1, 0.15) is 110 Å². The molecule has 1 aromatic rings. The first-order chi connectivity index (χ1) is 15.7. The summed E-state index contributed by atoms with van der Waals surface area (Å²) in [5, 5.41) is 15.1. The molecule has 0 bridgehead atoms. The molecule has 5 heteroatoms. The van der Waals surface area contributed by atoms with E-state index in [1.807, 2.05) is 12.1 Å². The van der Waals surface area contributed by atoms with Gasteiger partial charge in [0.15, 0.2) is 0 Å². The summed E-state index contributed by atoms with van der Waals surface area (Å²) in [7, 11) is 0. The van der Waals surface area contributed by atoms with Crippen molar-refractivity contribution in [2.45, 2.75) is 115 Å². The standard InChI is InChI=1S/C27H48N2O2S/c1-2-3-4-5-6-7-8-9-10-11-12-13-14-15-16-17-22-28-27(31)29-23-24-32-26-20-18-25(30)19-21-26/h18-21,30H,2-17,22-24H2,1H3,(H2,28,29,31). The zero-order valence-corrected chi connectivity index (χ0v) is 21.3. The van der Waals surface area contributed by atoms with Crippen LogP contribution in [0.3, 0.4) is 0 Å². The molecule has 4 nitrogen and oxygen atoms in total. The zero-order valence-electron chi connectivity index (χ0n) is 20.5. The molecule has 0 atom stereocenters. The number of carbonyl (C=O) groups is 1. The van der Waals surface area contributed by atoms with Gasteiger partial charge in [0.2, 0.25) is 0 Å². The summed E-state index contributed by atoms with van der Waals surface area (Å²) in [5.41, 5.74) is 0. The first kappa shape index (κ1) is 28.7. The van der Waals surface area contributed by atoms with Gasteiger partial charge in [-0.05, 0) is 30.7 Å². The molecule has 0 spiro atoms. The lowest BCUT2D eigenvalue weighted by Gasteiger charge is -2.08. The van der Waals surface area contributed by atoms with Crippen molar-refractivity contribution in [3.63, 3.8) is 0 Å². The number of unbranched alkanes of at least 4 members (excludes halogenated alkanes) is 15. The Bertz CT molecular complexity index is 551. The highest BCUT2D eigenvalue weighted by atomic mass is 32.2. The van der Waals surface area contributed by atoms with E-state index in [1.165, 1.54) is 96.3 Å². The van der Waals surface area contributed by atoms with Crippen molar-refractivity contribution in [2.24, 2.45) is 0 Å². The van der Waals surface area contributed by atoms with Crippen LogP contribution in [0.2, 0.25) is 0 Å². The number of aromatic hydroxyl groups is 1. The average molecular weight is 465 g/mol.